The van der Waals surface area contributed by atoms with Gasteiger partial charge in [-0.2, -0.15) is 0 Å². The van der Waals surface area contributed by atoms with Crippen LogP contribution in [-0.4, -0.2) is 26.8 Å². The standard InChI is InChI=1S/AsH3O4.Mn/c2-1(3,4)5;/h(H3,2,3,4,5);. The van der Waals surface area contributed by atoms with Gasteiger partial charge in [-0.1, -0.05) is 0 Å². The minimum atomic E-state index is -5.12. The third-order valence-electron chi connectivity index (χ3n) is 0. The van der Waals surface area contributed by atoms with Crippen LogP contribution in [0.3, 0.4) is 0 Å². The molecule has 0 unspecified atom stereocenters. The second-order valence-corrected chi connectivity index (χ2v) is 2.67. The van der Waals surface area contributed by atoms with Crippen LogP contribution in [-0.2, 0) is 20.8 Å². The fourth-order valence-corrected chi connectivity index (χ4v) is 0. The van der Waals surface area contributed by atoms with Gasteiger partial charge in [-0.3, -0.25) is 0 Å². The molecule has 0 saturated heterocycles. The van der Waals surface area contributed by atoms with Crippen LogP contribution in [0, 0.1) is 0 Å². The fraction of sp³-hybridized carbons (Fsp3) is 0. The van der Waals surface area contributed by atoms with Crippen LogP contribution in [0.1, 0.15) is 0 Å². The molecule has 0 heterocycles. The molecule has 39 valence electrons. The summed E-state index contributed by atoms with van der Waals surface area (Å²) in [7, 11) is 0. The molecular formula is H3AsMnO4. The molecule has 0 aromatic carbocycles. The Balaban J connectivity index is 0. The van der Waals surface area contributed by atoms with Crippen LogP contribution in [0.25, 0.3) is 0 Å². The number of rotatable bonds is 0. The topological polar surface area (TPSA) is 77.8 Å². The first-order valence-electron chi connectivity index (χ1n) is 0.783. The van der Waals surface area contributed by atoms with E-state index in [2.05, 4.69) is 0 Å². The molecule has 1 radical (unpaired) electrons. The maximum atomic E-state index is 8.94. The fourth-order valence-electron chi connectivity index (χ4n) is 0. The number of hydrogen-bond acceptors (Lipinski definition) is 1. The summed E-state index contributed by atoms with van der Waals surface area (Å²) < 4.78 is 30.7. The minimum Gasteiger partial charge on any atom is 0 e. The van der Waals surface area contributed by atoms with Crippen LogP contribution in [0.5, 0.6) is 0 Å². The van der Waals surface area contributed by atoms with Gasteiger partial charge in [0.25, 0.3) is 0 Å². The Labute approximate surface area is 48.0 Å². The van der Waals surface area contributed by atoms with E-state index in [9.17, 15) is 0 Å². The molecule has 0 aromatic rings. The first-order valence-corrected chi connectivity index (χ1v) is 4.07. The molecule has 0 fully saturated rings. The van der Waals surface area contributed by atoms with Crippen molar-refractivity contribution in [2.24, 2.45) is 0 Å². The molecule has 3 N–H and O–H groups in total. The molecule has 6 heteroatoms. The van der Waals surface area contributed by atoms with Gasteiger partial charge in [0, 0.05) is 17.1 Å². The average molecular weight is 197 g/mol. The van der Waals surface area contributed by atoms with Gasteiger partial charge in [0.2, 0.25) is 0 Å². The van der Waals surface area contributed by atoms with Gasteiger partial charge in [0.05, 0.1) is 0 Å². The zero-order valence-corrected chi connectivity index (χ0v) is 5.63. The summed E-state index contributed by atoms with van der Waals surface area (Å²) in [5.41, 5.74) is 0. The molecular weight excluding hydrogens is 194 g/mol. The van der Waals surface area contributed by atoms with Crippen molar-refractivity contribution in [2.75, 3.05) is 0 Å². The van der Waals surface area contributed by atoms with Crippen molar-refractivity contribution in [1.29, 1.82) is 0 Å². The van der Waals surface area contributed by atoms with E-state index in [1.807, 2.05) is 0 Å². The molecule has 0 spiro atoms. The van der Waals surface area contributed by atoms with E-state index >= 15 is 0 Å². The molecule has 0 bridgehead atoms. The van der Waals surface area contributed by atoms with E-state index in [-0.39, 0.29) is 17.1 Å². The Hall–Kier alpha value is 0.758. The van der Waals surface area contributed by atoms with Crippen LogP contribution in [0.15, 0.2) is 0 Å². The summed E-state index contributed by atoms with van der Waals surface area (Å²) in [6, 6.07) is 0. The molecule has 0 amide bonds. The van der Waals surface area contributed by atoms with Crippen LogP contribution in [0.4, 0.5) is 0 Å². The molecule has 6 heavy (non-hydrogen) atoms. The molecule has 0 atom stereocenters. The predicted octanol–water partition coefficient (Wildman–Crippen LogP) is -2.17. The smallest absolute Gasteiger partial charge is 0 e. The molecule has 0 rings (SSSR count). The van der Waals surface area contributed by atoms with Gasteiger partial charge >= 0.3 is 30.5 Å². The van der Waals surface area contributed by atoms with E-state index in [0.29, 0.717) is 0 Å². The Morgan fingerprint density at radius 1 is 1.17 bits per heavy atom. The summed E-state index contributed by atoms with van der Waals surface area (Å²) >= 11 is -5.12. The Kier molecular flexibility index (Phi) is 4.71. The van der Waals surface area contributed by atoms with Gasteiger partial charge in [0.15, 0.2) is 0 Å². The maximum absolute atomic E-state index is 8.94. The van der Waals surface area contributed by atoms with E-state index in [1.54, 1.807) is 0 Å². The largest absolute Gasteiger partial charge is 0 e. The Morgan fingerprint density at radius 3 is 1.17 bits per heavy atom. The minimum absolute atomic E-state index is 0. The van der Waals surface area contributed by atoms with E-state index in [4.69, 9.17) is 16.0 Å². The van der Waals surface area contributed by atoms with Crippen molar-refractivity contribution in [3.05, 3.63) is 0 Å². The maximum Gasteiger partial charge on any atom is 0 e. The monoisotopic (exact) mass is 197 g/mol. The van der Waals surface area contributed by atoms with Crippen molar-refractivity contribution in [3.63, 3.8) is 0 Å². The molecule has 0 aliphatic heterocycles. The zero-order valence-electron chi connectivity index (χ0n) is 2.58. The summed E-state index contributed by atoms with van der Waals surface area (Å²) in [6.45, 7) is 0. The van der Waals surface area contributed by atoms with E-state index < -0.39 is 14.5 Å². The van der Waals surface area contributed by atoms with Gasteiger partial charge in [-0.25, -0.2) is 0 Å². The third kappa shape index (κ3) is 117. The quantitative estimate of drug-likeness (QED) is 0.386. The van der Waals surface area contributed by atoms with Gasteiger partial charge in [-0.15, -0.1) is 0 Å². The van der Waals surface area contributed by atoms with Crippen molar-refractivity contribution in [1.82, 2.24) is 0 Å². The summed E-state index contributed by atoms with van der Waals surface area (Å²) in [5.74, 6) is 0. The molecule has 0 aliphatic rings. The van der Waals surface area contributed by atoms with Crippen LogP contribution < -0.4 is 0 Å². The predicted molar refractivity (Wildman–Crippen MR) is 13.1 cm³/mol. The third-order valence-corrected chi connectivity index (χ3v) is 0. The van der Waals surface area contributed by atoms with Crippen molar-refractivity contribution < 1.29 is 33.1 Å². The zero-order chi connectivity index (χ0) is 4.50. The van der Waals surface area contributed by atoms with Crippen LogP contribution in [0.2, 0.25) is 0 Å². The first-order chi connectivity index (χ1) is 2.00. The second kappa shape index (κ2) is 2.85. The average Bonchev–Trinajstić information content (AvgIpc) is 0.722. The van der Waals surface area contributed by atoms with Gasteiger partial charge in [-0.05, 0) is 0 Å². The summed E-state index contributed by atoms with van der Waals surface area (Å²) in [6.07, 6.45) is 0. The van der Waals surface area contributed by atoms with Crippen molar-refractivity contribution in [2.45, 2.75) is 0 Å². The first kappa shape index (κ1) is 9.90. The molecule has 4 nitrogen and oxygen atoms in total. The normalized spacial score (nSPS) is 9.83. The second-order valence-electron chi connectivity index (χ2n) is 0.513. The molecule has 0 saturated carbocycles. The Bertz CT molecular complexity index is 53.7. The summed E-state index contributed by atoms with van der Waals surface area (Å²) in [5, 5.41) is 0. The van der Waals surface area contributed by atoms with E-state index in [1.165, 1.54) is 0 Å². The molecule has 0 aromatic heterocycles. The van der Waals surface area contributed by atoms with E-state index in [0.717, 1.165) is 0 Å². The van der Waals surface area contributed by atoms with Gasteiger partial charge in [0.1, 0.15) is 0 Å². The molecule has 0 aliphatic carbocycles. The van der Waals surface area contributed by atoms with Crippen molar-refractivity contribution in [3.8, 4) is 0 Å². The van der Waals surface area contributed by atoms with Gasteiger partial charge < -0.3 is 0 Å². The van der Waals surface area contributed by atoms with Crippen LogP contribution >= 0.6 is 0 Å². The summed E-state index contributed by atoms with van der Waals surface area (Å²) in [4.78, 5) is 0. The SMILES string of the molecule is O=[As](O)(O)O.[Mn]. The number of hydrogen-bond donors (Lipinski definition) is 3. The van der Waals surface area contributed by atoms with Crippen molar-refractivity contribution >= 4 is 14.5 Å². The Morgan fingerprint density at radius 2 is 1.17 bits per heavy atom.